The fourth-order valence-electron chi connectivity index (χ4n) is 7.46. The standard InChI is InChI=1S/C40H48N8O6/c1-39(2,21-41-28-10-7-8-26-34(28)37(53)48(36(26)52)30-12-13-32(49)45-35(30)51)23-54-24-40(3,4)22-42-33(50)20-25-14-17-46(18-15-25)31-16-19-47-29-11-6-5-9-27(29)43-38(47)44-31/h5-11,16,19,25,30,41H,12-15,17-18,20-24H2,1-4H3,(H,42,50)(H,45,49,51). The number of hydrogen-bond donors (Lipinski definition) is 3. The van der Waals surface area contributed by atoms with Crippen molar-refractivity contribution in [2.75, 3.05) is 49.6 Å². The van der Waals surface area contributed by atoms with Gasteiger partial charge in [-0.3, -0.25) is 38.6 Å². The van der Waals surface area contributed by atoms with Crippen LogP contribution >= 0.6 is 0 Å². The number of imide groups is 2. The van der Waals surface area contributed by atoms with E-state index in [0.29, 0.717) is 50.1 Å². The first kappa shape index (κ1) is 37.0. The maximum Gasteiger partial charge on any atom is 0.264 e. The molecule has 5 heterocycles. The van der Waals surface area contributed by atoms with Crippen LogP contribution < -0.4 is 20.9 Å². The Hall–Kier alpha value is -5.37. The van der Waals surface area contributed by atoms with E-state index in [1.807, 2.05) is 54.8 Å². The van der Waals surface area contributed by atoms with Gasteiger partial charge in [0.1, 0.15) is 11.9 Å². The highest BCUT2D eigenvalue weighted by molar-refractivity contribution is 6.25. The van der Waals surface area contributed by atoms with E-state index in [-0.39, 0.29) is 40.7 Å². The third-order valence-electron chi connectivity index (χ3n) is 10.6. The average Bonchev–Trinajstić information content (AvgIpc) is 3.64. The van der Waals surface area contributed by atoms with Gasteiger partial charge in [0, 0.05) is 61.7 Å². The van der Waals surface area contributed by atoms with Crippen LogP contribution in [0.15, 0.2) is 54.7 Å². The zero-order valence-electron chi connectivity index (χ0n) is 31.3. The van der Waals surface area contributed by atoms with Gasteiger partial charge in [-0.05, 0) is 55.5 Å². The van der Waals surface area contributed by atoms with Crippen LogP contribution in [0.5, 0.6) is 0 Å². The van der Waals surface area contributed by atoms with Gasteiger partial charge >= 0.3 is 0 Å². The van der Waals surface area contributed by atoms with Crippen molar-refractivity contribution in [1.29, 1.82) is 0 Å². The molecule has 1 unspecified atom stereocenters. The number of fused-ring (bicyclic) bond motifs is 4. The highest BCUT2D eigenvalue weighted by Crippen LogP contribution is 2.33. The number of aromatic nitrogens is 3. The first-order chi connectivity index (χ1) is 25.8. The summed E-state index contributed by atoms with van der Waals surface area (Å²) >= 11 is 0. The Morgan fingerprint density at radius 3 is 2.39 bits per heavy atom. The molecule has 14 nitrogen and oxygen atoms in total. The fourth-order valence-corrected chi connectivity index (χ4v) is 7.46. The molecule has 2 saturated heterocycles. The summed E-state index contributed by atoms with van der Waals surface area (Å²) in [4.78, 5) is 76.5. The molecule has 2 fully saturated rings. The lowest BCUT2D eigenvalue weighted by Gasteiger charge is -2.33. The molecule has 4 aromatic rings. The van der Waals surface area contributed by atoms with Crippen molar-refractivity contribution in [3.63, 3.8) is 0 Å². The number of anilines is 2. The Morgan fingerprint density at radius 1 is 0.889 bits per heavy atom. The van der Waals surface area contributed by atoms with Crippen molar-refractivity contribution in [3.05, 3.63) is 65.9 Å². The van der Waals surface area contributed by atoms with Crippen molar-refractivity contribution in [3.8, 4) is 0 Å². The zero-order chi connectivity index (χ0) is 38.2. The van der Waals surface area contributed by atoms with Crippen LogP contribution in [0, 0.1) is 16.7 Å². The van der Waals surface area contributed by atoms with Crippen LogP contribution in [0.1, 0.15) is 80.5 Å². The number of amides is 5. The lowest BCUT2D eigenvalue weighted by molar-refractivity contribution is -0.136. The molecule has 0 saturated carbocycles. The number of piperidine rings is 2. The van der Waals surface area contributed by atoms with Crippen molar-refractivity contribution < 1.29 is 28.7 Å². The van der Waals surface area contributed by atoms with E-state index in [1.165, 1.54) is 0 Å². The van der Waals surface area contributed by atoms with Crippen molar-refractivity contribution >= 4 is 57.9 Å². The van der Waals surface area contributed by atoms with E-state index < -0.39 is 29.7 Å². The molecule has 54 heavy (non-hydrogen) atoms. The molecule has 284 valence electrons. The third-order valence-corrected chi connectivity index (χ3v) is 10.6. The van der Waals surface area contributed by atoms with Crippen LogP contribution in [0.4, 0.5) is 11.5 Å². The number of para-hydroxylation sites is 2. The maximum atomic E-state index is 13.4. The monoisotopic (exact) mass is 736 g/mol. The molecule has 0 bridgehead atoms. The maximum absolute atomic E-state index is 13.4. The second-order valence-electron chi connectivity index (χ2n) is 16.3. The Balaban J connectivity index is 0.835. The minimum atomic E-state index is -1.02. The minimum absolute atomic E-state index is 0.0502. The molecule has 1 atom stereocenters. The zero-order valence-corrected chi connectivity index (χ0v) is 31.3. The molecule has 3 aliphatic heterocycles. The summed E-state index contributed by atoms with van der Waals surface area (Å²) in [6, 6.07) is 14.0. The quantitative estimate of drug-likeness (QED) is 0.170. The van der Waals surface area contributed by atoms with Crippen LogP contribution in [0.25, 0.3) is 16.8 Å². The number of benzene rings is 2. The fraction of sp³-hybridized carbons (Fsp3) is 0.475. The van der Waals surface area contributed by atoms with E-state index >= 15 is 0 Å². The van der Waals surface area contributed by atoms with Gasteiger partial charge in [-0.25, -0.2) is 4.98 Å². The van der Waals surface area contributed by atoms with E-state index in [4.69, 9.17) is 9.72 Å². The largest absolute Gasteiger partial charge is 0.384 e. The van der Waals surface area contributed by atoms with Gasteiger partial charge in [0.2, 0.25) is 23.5 Å². The predicted octanol–water partition coefficient (Wildman–Crippen LogP) is 4.19. The third kappa shape index (κ3) is 7.79. The lowest BCUT2D eigenvalue weighted by atomic mass is 9.91. The number of nitrogens with one attached hydrogen (secondary N) is 3. The number of nitrogens with zero attached hydrogens (tertiary/aromatic N) is 5. The van der Waals surface area contributed by atoms with E-state index in [1.54, 1.807) is 18.2 Å². The van der Waals surface area contributed by atoms with Crippen LogP contribution in [-0.2, 0) is 19.1 Å². The van der Waals surface area contributed by atoms with E-state index in [9.17, 15) is 24.0 Å². The molecule has 3 aliphatic rings. The van der Waals surface area contributed by atoms with Crippen LogP contribution in [-0.4, -0.2) is 94.2 Å². The number of imidazole rings is 1. The van der Waals surface area contributed by atoms with Crippen molar-refractivity contribution in [2.45, 2.75) is 65.8 Å². The van der Waals surface area contributed by atoms with E-state index in [2.05, 4.69) is 39.7 Å². The normalized spacial score (nSPS) is 18.4. The topological polar surface area (TPSA) is 167 Å². The highest BCUT2D eigenvalue weighted by atomic mass is 16.5. The molecule has 14 heteroatoms. The second kappa shape index (κ2) is 14.8. The summed E-state index contributed by atoms with van der Waals surface area (Å²) in [5.74, 6) is -0.178. The number of rotatable bonds is 13. The number of hydrogen-bond acceptors (Lipinski definition) is 10. The summed E-state index contributed by atoms with van der Waals surface area (Å²) in [5.41, 5.74) is 2.28. The smallest absolute Gasteiger partial charge is 0.264 e. The van der Waals surface area contributed by atoms with Gasteiger partial charge < -0.3 is 20.3 Å². The molecule has 0 aliphatic carbocycles. The summed E-state index contributed by atoms with van der Waals surface area (Å²) in [6.07, 6.45) is 4.52. The predicted molar refractivity (Wildman–Crippen MR) is 203 cm³/mol. The molecular weight excluding hydrogens is 688 g/mol. The SMILES string of the molecule is CC(C)(CNC(=O)CC1CCN(c2ccn3c(n2)nc2ccccc23)CC1)COCC(C)(C)CNc1cccc2c1C(=O)N(C1CCC(=O)NC1=O)C2=O. The van der Waals surface area contributed by atoms with E-state index in [0.717, 1.165) is 47.7 Å². The Bertz CT molecular complexity index is 2120. The Labute approximate surface area is 314 Å². The molecule has 0 radical (unpaired) electrons. The average molecular weight is 737 g/mol. The van der Waals surface area contributed by atoms with Gasteiger partial charge in [-0.1, -0.05) is 45.9 Å². The lowest BCUT2D eigenvalue weighted by Crippen LogP contribution is -2.54. The Kier molecular flexibility index (Phi) is 10.1. The summed E-state index contributed by atoms with van der Waals surface area (Å²) < 4.78 is 8.18. The van der Waals surface area contributed by atoms with Gasteiger partial charge in [-0.2, -0.15) is 4.98 Å². The molecule has 2 aromatic carbocycles. The summed E-state index contributed by atoms with van der Waals surface area (Å²) in [6.45, 7) is 11.7. The van der Waals surface area contributed by atoms with Crippen molar-refractivity contribution in [2.24, 2.45) is 16.7 Å². The van der Waals surface area contributed by atoms with Crippen molar-refractivity contribution in [1.82, 2.24) is 29.9 Å². The number of carbonyl (C=O) groups is 5. The molecule has 7 rings (SSSR count). The molecule has 3 N–H and O–H groups in total. The number of carbonyl (C=O) groups excluding carboxylic acids is 5. The number of ether oxygens (including phenoxy) is 1. The van der Waals surface area contributed by atoms with Gasteiger partial charge in [0.15, 0.2) is 0 Å². The second-order valence-corrected chi connectivity index (χ2v) is 16.3. The first-order valence-electron chi connectivity index (χ1n) is 18.7. The Morgan fingerprint density at radius 2 is 1.63 bits per heavy atom. The van der Waals surface area contributed by atoms with Gasteiger partial charge in [-0.15, -0.1) is 0 Å². The summed E-state index contributed by atoms with van der Waals surface area (Å²) in [5, 5.41) is 8.68. The molecular formula is C40H48N8O6. The van der Waals surface area contributed by atoms with Gasteiger partial charge in [0.25, 0.3) is 11.8 Å². The van der Waals surface area contributed by atoms with Crippen LogP contribution in [0.3, 0.4) is 0 Å². The molecule has 5 amide bonds. The highest BCUT2D eigenvalue weighted by Gasteiger charge is 2.45. The van der Waals surface area contributed by atoms with Gasteiger partial charge in [0.05, 0.1) is 35.4 Å². The first-order valence-corrected chi connectivity index (χ1v) is 18.7. The minimum Gasteiger partial charge on any atom is -0.384 e. The van der Waals surface area contributed by atoms with Crippen LogP contribution in [0.2, 0.25) is 0 Å². The summed E-state index contributed by atoms with van der Waals surface area (Å²) in [7, 11) is 0. The molecule has 2 aromatic heterocycles. The molecule has 0 spiro atoms.